The third kappa shape index (κ3) is 3.00. The molecule has 1 amide bonds. The first kappa shape index (κ1) is 18.6. The number of fused-ring (bicyclic) bond motifs is 1. The molecular formula is C24H20N2O3S. The minimum Gasteiger partial charge on any atom is -0.326 e. The number of carbonyl (C=O) groups is 1. The predicted octanol–water partition coefficient (Wildman–Crippen LogP) is 4.92. The van der Waals surface area contributed by atoms with E-state index in [1.54, 1.807) is 12.1 Å². The molecule has 4 aromatic carbocycles. The first-order valence-electron chi connectivity index (χ1n) is 9.88. The van der Waals surface area contributed by atoms with Gasteiger partial charge in [-0.25, -0.2) is 8.42 Å². The summed E-state index contributed by atoms with van der Waals surface area (Å²) in [5.74, 6) is -0.126. The maximum atomic E-state index is 13.0. The van der Waals surface area contributed by atoms with Crippen LogP contribution in [0.4, 0.5) is 11.4 Å². The van der Waals surface area contributed by atoms with Gasteiger partial charge in [0.15, 0.2) is 0 Å². The molecule has 1 aliphatic rings. The minimum absolute atomic E-state index is 0.126. The normalized spacial score (nSPS) is 14.3. The molecule has 150 valence electrons. The van der Waals surface area contributed by atoms with E-state index in [-0.39, 0.29) is 18.9 Å². The fourth-order valence-corrected chi connectivity index (χ4v) is 5.88. The molecule has 0 aliphatic carbocycles. The van der Waals surface area contributed by atoms with Crippen LogP contribution < -0.4 is 9.62 Å². The van der Waals surface area contributed by atoms with Crippen molar-refractivity contribution in [2.24, 2.45) is 0 Å². The van der Waals surface area contributed by atoms with Gasteiger partial charge in [-0.2, -0.15) is 0 Å². The van der Waals surface area contributed by atoms with Gasteiger partial charge in [0.2, 0.25) is 5.91 Å². The van der Waals surface area contributed by atoms with Gasteiger partial charge in [-0.15, -0.1) is 0 Å². The van der Waals surface area contributed by atoms with Gasteiger partial charge in [0.1, 0.15) is 0 Å². The Morgan fingerprint density at radius 3 is 2.40 bits per heavy atom. The lowest BCUT2D eigenvalue weighted by Crippen LogP contribution is -2.28. The van der Waals surface area contributed by atoms with Crippen LogP contribution in [0.2, 0.25) is 0 Å². The van der Waals surface area contributed by atoms with Gasteiger partial charge in [-0.1, -0.05) is 60.7 Å². The number of amides is 1. The van der Waals surface area contributed by atoms with Gasteiger partial charge in [0.05, 0.1) is 10.6 Å². The summed E-state index contributed by atoms with van der Waals surface area (Å²) in [6, 6.07) is 24.6. The maximum Gasteiger partial charge on any atom is 0.265 e. The Hall–Kier alpha value is -3.38. The van der Waals surface area contributed by atoms with Crippen molar-refractivity contribution in [2.45, 2.75) is 17.7 Å². The Balaban J connectivity index is 1.30. The minimum atomic E-state index is -3.58. The molecule has 0 aromatic heterocycles. The van der Waals surface area contributed by atoms with E-state index >= 15 is 0 Å². The van der Waals surface area contributed by atoms with Crippen molar-refractivity contribution in [2.75, 3.05) is 16.2 Å². The second kappa shape index (κ2) is 7.15. The number of nitrogens with zero attached hydrogens (tertiary/aromatic N) is 1. The van der Waals surface area contributed by atoms with Gasteiger partial charge in [0.25, 0.3) is 10.0 Å². The summed E-state index contributed by atoms with van der Waals surface area (Å²) >= 11 is 0. The van der Waals surface area contributed by atoms with Crippen molar-refractivity contribution in [3.05, 3.63) is 78.9 Å². The van der Waals surface area contributed by atoms with Crippen molar-refractivity contribution >= 4 is 48.9 Å². The molecule has 0 unspecified atom stereocenters. The lowest BCUT2D eigenvalue weighted by molar-refractivity contribution is -0.116. The summed E-state index contributed by atoms with van der Waals surface area (Å²) in [5.41, 5.74) is 1.46. The zero-order chi connectivity index (χ0) is 20.7. The summed E-state index contributed by atoms with van der Waals surface area (Å²) in [4.78, 5) is 12.9. The average molecular weight is 417 g/mol. The van der Waals surface area contributed by atoms with E-state index in [1.165, 1.54) is 4.31 Å². The summed E-state index contributed by atoms with van der Waals surface area (Å²) in [5, 5.41) is 6.68. The van der Waals surface area contributed by atoms with E-state index < -0.39 is 10.0 Å². The van der Waals surface area contributed by atoms with Crippen LogP contribution in [-0.4, -0.2) is 20.9 Å². The van der Waals surface area contributed by atoms with Crippen molar-refractivity contribution in [3.63, 3.8) is 0 Å². The fourth-order valence-electron chi connectivity index (χ4n) is 4.13. The zero-order valence-corrected chi connectivity index (χ0v) is 17.0. The van der Waals surface area contributed by atoms with Crippen LogP contribution in [0.5, 0.6) is 0 Å². The monoisotopic (exact) mass is 416 g/mol. The van der Waals surface area contributed by atoms with Crippen molar-refractivity contribution in [1.82, 2.24) is 0 Å². The second-order valence-corrected chi connectivity index (χ2v) is 9.22. The molecule has 1 N–H and O–H groups in total. The van der Waals surface area contributed by atoms with Crippen LogP contribution in [0.3, 0.4) is 0 Å². The highest BCUT2D eigenvalue weighted by Gasteiger charge is 2.35. The number of sulfonamides is 1. The van der Waals surface area contributed by atoms with Crippen LogP contribution in [-0.2, 0) is 14.8 Å². The lowest BCUT2D eigenvalue weighted by Gasteiger charge is -2.18. The first-order chi connectivity index (χ1) is 14.6. The maximum absolute atomic E-state index is 13.0. The molecule has 30 heavy (non-hydrogen) atoms. The number of hydrogen-bond donors (Lipinski definition) is 1. The first-order valence-corrected chi connectivity index (χ1v) is 11.3. The molecule has 1 aliphatic heterocycles. The molecule has 1 heterocycles. The van der Waals surface area contributed by atoms with Gasteiger partial charge >= 0.3 is 0 Å². The largest absolute Gasteiger partial charge is 0.326 e. The Bertz CT molecular complexity index is 1390. The van der Waals surface area contributed by atoms with E-state index in [1.807, 2.05) is 66.7 Å². The third-order valence-corrected chi connectivity index (χ3v) is 7.37. The third-order valence-electron chi connectivity index (χ3n) is 5.51. The van der Waals surface area contributed by atoms with E-state index in [4.69, 9.17) is 0 Å². The van der Waals surface area contributed by atoms with Crippen molar-refractivity contribution in [3.8, 4) is 0 Å². The van der Waals surface area contributed by atoms with Crippen LogP contribution in [0.15, 0.2) is 83.8 Å². The number of rotatable bonds is 5. The summed E-state index contributed by atoms with van der Waals surface area (Å²) < 4.78 is 27.4. The number of carbonyl (C=O) groups excluding carboxylic acids is 1. The molecule has 5 nitrogen and oxygen atoms in total. The highest BCUT2D eigenvalue weighted by atomic mass is 32.2. The molecule has 0 spiro atoms. The standard InChI is InChI=1S/C24H20N2O3S/c27-23(25-20-12-3-8-17-7-1-2-11-19(17)20)15-6-16-26-21-13-4-9-18-10-5-14-22(24(18)21)30(26,28)29/h1-5,7-14H,6,15-16H2,(H,25,27). The van der Waals surface area contributed by atoms with Gasteiger partial charge < -0.3 is 5.32 Å². The number of anilines is 2. The topological polar surface area (TPSA) is 66.5 Å². The van der Waals surface area contributed by atoms with E-state index in [2.05, 4.69) is 5.32 Å². The Morgan fingerprint density at radius 2 is 1.53 bits per heavy atom. The van der Waals surface area contributed by atoms with Crippen LogP contribution in [0.1, 0.15) is 12.8 Å². The average Bonchev–Trinajstić information content (AvgIpc) is 2.97. The van der Waals surface area contributed by atoms with Gasteiger partial charge in [-0.3, -0.25) is 9.10 Å². The fraction of sp³-hybridized carbons (Fsp3) is 0.125. The summed E-state index contributed by atoms with van der Waals surface area (Å²) in [6.07, 6.45) is 0.668. The zero-order valence-electron chi connectivity index (χ0n) is 16.2. The Labute approximate surface area is 175 Å². The lowest BCUT2D eigenvalue weighted by atomic mass is 10.1. The molecular weight excluding hydrogens is 396 g/mol. The van der Waals surface area contributed by atoms with E-state index in [9.17, 15) is 13.2 Å². The van der Waals surface area contributed by atoms with E-state index in [0.717, 1.165) is 27.2 Å². The SMILES string of the molecule is O=C(CCCN1c2cccc3cccc(c23)S1(=O)=O)Nc1cccc2ccccc12. The Morgan fingerprint density at radius 1 is 0.833 bits per heavy atom. The van der Waals surface area contributed by atoms with Crippen LogP contribution >= 0.6 is 0 Å². The summed E-state index contributed by atoms with van der Waals surface area (Å²) in [7, 11) is -3.58. The smallest absolute Gasteiger partial charge is 0.265 e. The second-order valence-electron chi connectivity index (χ2n) is 7.39. The van der Waals surface area contributed by atoms with Crippen LogP contribution in [0.25, 0.3) is 21.5 Å². The Kier molecular flexibility index (Phi) is 4.44. The predicted molar refractivity (Wildman–Crippen MR) is 120 cm³/mol. The molecule has 0 radical (unpaired) electrons. The molecule has 0 bridgehead atoms. The van der Waals surface area contributed by atoms with E-state index in [0.29, 0.717) is 17.0 Å². The van der Waals surface area contributed by atoms with Crippen LogP contribution in [0, 0.1) is 0 Å². The highest BCUT2D eigenvalue weighted by Crippen LogP contribution is 2.42. The van der Waals surface area contributed by atoms with Gasteiger partial charge in [-0.05, 0) is 35.4 Å². The number of benzene rings is 4. The van der Waals surface area contributed by atoms with Crippen molar-refractivity contribution in [1.29, 1.82) is 0 Å². The van der Waals surface area contributed by atoms with Crippen molar-refractivity contribution < 1.29 is 13.2 Å². The number of hydrogen-bond acceptors (Lipinski definition) is 3. The molecule has 5 rings (SSSR count). The molecule has 0 atom stereocenters. The molecule has 6 heteroatoms. The molecule has 0 saturated carbocycles. The molecule has 0 saturated heterocycles. The molecule has 0 fully saturated rings. The summed E-state index contributed by atoms with van der Waals surface area (Å²) in [6.45, 7) is 0.263. The highest BCUT2D eigenvalue weighted by molar-refractivity contribution is 7.93. The molecule has 4 aromatic rings. The van der Waals surface area contributed by atoms with Gasteiger partial charge in [0, 0.05) is 29.4 Å². The quantitative estimate of drug-likeness (QED) is 0.502. The number of nitrogens with one attached hydrogen (secondary N) is 1.